The highest BCUT2D eigenvalue weighted by atomic mass is 16.7. The number of hydrogen-bond donors (Lipinski definition) is 1. The molecule has 3 atom stereocenters. The molecule has 0 amide bonds. The van der Waals surface area contributed by atoms with E-state index in [1.165, 1.54) is 0 Å². The van der Waals surface area contributed by atoms with Crippen LogP contribution in [0.3, 0.4) is 0 Å². The maximum absolute atomic E-state index is 11.3. The van der Waals surface area contributed by atoms with E-state index in [1.807, 2.05) is 6.92 Å². The number of hydrogen-bond acceptors (Lipinski definition) is 3. The number of ether oxygens (including phenoxy) is 1. The molecule has 0 aromatic heterocycles. The molecule has 3 unspecified atom stereocenters. The molecule has 2 saturated carbocycles. The Labute approximate surface area is 96.5 Å². The predicted molar refractivity (Wildman–Crippen MR) is 60.5 cm³/mol. The average molecular weight is 224 g/mol. The minimum Gasteiger partial charge on any atom is -0.429 e. The highest BCUT2D eigenvalue weighted by Crippen LogP contribution is 2.69. The Balaban J connectivity index is 2.32. The monoisotopic (exact) mass is 224 g/mol. The molecule has 0 spiro atoms. The van der Waals surface area contributed by atoms with Crippen LogP contribution in [-0.4, -0.2) is 16.9 Å². The van der Waals surface area contributed by atoms with Gasteiger partial charge in [-0.3, -0.25) is 0 Å². The molecule has 3 heteroatoms. The number of esters is 1. The third-order valence-corrected chi connectivity index (χ3v) is 5.26. The van der Waals surface area contributed by atoms with Crippen molar-refractivity contribution in [3.05, 3.63) is 12.7 Å². The van der Waals surface area contributed by atoms with Crippen LogP contribution in [0.15, 0.2) is 12.7 Å². The van der Waals surface area contributed by atoms with E-state index in [-0.39, 0.29) is 10.8 Å². The van der Waals surface area contributed by atoms with Crippen LogP contribution in [0.25, 0.3) is 0 Å². The van der Waals surface area contributed by atoms with Crippen molar-refractivity contribution in [1.29, 1.82) is 0 Å². The van der Waals surface area contributed by atoms with Crippen LogP contribution in [-0.2, 0) is 9.53 Å². The molecule has 0 radical (unpaired) electrons. The topological polar surface area (TPSA) is 46.5 Å². The largest absolute Gasteiger partial charge is 0.429 e. The first kappa shape index (κ1) is 11.6. The summed E-state index contributed by atoms with van der Waals surface area (Å²) >= 11 is 0. The molecule has 3 nitrogen and oxygen atoms in total. The first-order valence-electron chi connectivity index (χ1n) is 5.85. The van der Waals surface area contributed by atoms with Gasteiger partial charge in [0.15, 0.2) is 0 Å². The van der Waals surface area contributed by atoms with Gasteiger partial charge < -0.3 is 9.84 Å². The van der Waals surface area contributed by atoms with Gasteiger partial charge in [0.1, 0.15) is 0 Å². The molecule has 2 rings (SSSR count). The van der Waals surface area contributed by atoms with E-state index in [2.05, 4.69) is 20.4 Å². The second kappa shape index (κ2) is 3.10. The summed E-state index contributed by atoms with van der Waals surface area (Å²) in [6, 6.07) is 0. The van der Waals surface area contributed by atoms with Crippen LogP contribution in [0.2, 0.25) is 0 Å². The van der Waals surface area contributed by atoms with Crippen molar-refractivity contribution in [2.24, 2.45) is 16.7 Å². The van der Waals surface area contributed by atoms with E-state index in [0.717, 1.165) is 18.9 Å². The summed E-state index contributed by atoms with van der Waals surface area (Å²) in [7, 11) is 0. The van der Waals surface area contributed by atoms with Crippen LogP contribution < -0.4 is 0 Å². The summed E-state index contributed by atoms with van der Waals surface area (Å²) in [6.07, 6.45) is 3.68. The van der Waals surface area contributed by atoms with E-state index in [1.54, 1.807) is 0 Å². The zero-order chi connectivity index (χ0) is 12.2. The fourth-order valence-corrected chi connectivity index (χ4v) is 3.57. The standard InChI is InChI=1S/C13H20O3/c1-5-10(14)16-13(15)8-9-6-7-12(13,4)11(9,2)3/h5,9,15H,1,6-8H2,2-4H3. The van der Waals surface area contributed by atoms with Crippen LogP contribution in [0, 0.1) is 16.7 Å². The quantitative estimate of drug-likeness (QED) is 0.444. The Morgan fingerprint density at radius 2 is 2.12 bits per heavy atom. The van der Waals surface area contributed by atoms with Crippen molar-refractivity contribution >= 4 is 5.97 Å². The smallest absolute Gasteiger partial charge is 0.332 e. The summed E-state index contributed by atoms with van der Waals surface area (Å²) in [5.41, 5.74) is -0.327. The molecule has 2 aliphatic rings. The van der Waals surface area contributed by atoms with E-state index in [9.17, 15) is 9.90 Å². The van der Waals surface area contributed by atoms with E-state index in [4.69, 9.17) is 4.74 Å². The fourth-order valence-electron chi connectivity index (χ4n) is 3.57. The highest BCUT2D eigenvalue weighted by Gasteiger charge is 2.70. The second-order valence-electron chi connectivity index (χ2n) is 5.90. The number of rotatable bonds is 2. The summed E-state index contributed by atoms with van der Waals surface area (Å²) in [5, 5.41) is 10.6. The summed E-state index contributed by atoms with van der Waals surface area (Å²) in [5.74, 6) is -1.42. The Hall–Kier alpha value is -0.830. The Bertz CT molecular complexity index is 347. The molecule has 1 N–H and O–H groups in total. The molecule has 16 heavy (non-hydrogen) atoms. The number of aliphatic hydroxyl groups is 1. The average Bonchev–Trinajstić information content (AvgIpc) is 2.49. The highest BCUT2D eigenvalue weighted by molar-refractivity contribution is 5.81. The Morgan fingerprint density at radius 3 is 2.50 bits per heavy atom. The van der Waals surface area contributed by atoms with Gasteiger partial charge in [0, 0.05) is 17.9 Å². The second-order valence-corrected chi connectivity index (χ2v) is 5.90. The van der Waals surface area contributed by atoms with Gasteiger partial charge in [0.25, 0.3) is 0 Å². The van der Waals surface area contributed by atoms with Crippen molar-refractivity contribution in [2.45, 2.75) is 45.8 Å². The van der Waals surface area contributed by atoms with Crippen molar-refractivity contribution in [3.63, 3.8) is 0 Å². The van der Waals surface area contributed by atoms with Gasteiger partial charge in [-0.05, 0) is 24.2 Å². The molecular formula is C13H20O3. The molecule has 90 valence electrons. The summed E-state index contributed by atoms with van der Waals surface area (Å²) < 4.78 is 5.22. The molecule has 2 fully saturated rings. The van der Waals surface area contributed by atoms with E-state index >= 15 is 0 Å². The van der Waals surface area contributed by atoms with Gasteiger partial charge in [-0.15, -0.1) is 0 Å². The van der Waals surface area contributed by atoms with Crippen molar-refractivity contribution in [3.8, 4) is 0 Å². The molecule has 0 saturated heterocycles. The summed E-state index contributed by atoms with van der Waals surface area (Å²) in [6.45, 7) is 9.71. The maximum Gasteiger partial charge on any atom is 0.332 e. The lowest BCUT2D eigenvalue weighted by atomic mass is 9.68. The fraction of sp³-hybridized carbons (Fsp3) is 0.769. The lowest BCUT2D eigenvalue weighted by Gasteiger charge is -2.43. The normalized spacial score (nSPS) is 44.4. The Kier molecular flexibility index (Phi) is 2.26. The zero-order valence-electron chi connectivity index (χ0n) is 10.2. The number of fused-ring (bicyclic) bond motifs is 2. The lowest BCUT2D eigenvalue weighted by molar-refractivity contribution is -0.257. The van der Waals surface area contributed by atoms with Crippen LogP contribution in [0.5, 0.6) is 0 Å². The molecule has 0 aromatic rings. The molecule has 0 heterocycles. The first-order chi connectivity index (χ1) is 7.27. The molecule has 2 bridgehead atoms. The number of carbonyl (C=O) groups is 1. The molecule has 0 aliphatic heterocycles. The summed E-state index contributed by atoms with van der Waals surface area (Å²) in [4.78, 5) is 11.3. The van der Waals surface area contributed by atoms with Gasteiger partial charge in [-0.25, -0.2) is 4.79 Å². The predicted octanol–water partition coefficient (Wildman–Crippen LogP) is 2.25. The Morgan fingerprint density at radius 1 is 1.50 bits per heavy atom. The van der Waals surface area contributed by atoms with Crippen LogP contribution in [0.4, 0.5) is 0 Å². The van der Waals surface area contributed by atoms with Crippen molar-refractivity contribution in [2.75, 3.05) is 0 Å². The molecule has 2 aliphatic carbocycles. The maximum atomic E-state index is 11.3. The van der Waals surface area contributed by atoms with Gasteiger partial charge in [-0.2, -0.15) is 0 Å². The van der Waals surface area contributed by atoms with Gasteiger partial charge >= 0.3 is 5.97 Å². The van der Waals surface area contributed by atoms with E-state index in [0.29, 0.717) is 12.3 Å². The van der Waals surface area contributed by atoms with Gasteiger partial charge in [-0.1, -0.05) is 27.4 Å². The van der Waals surface area contributed by atoms with Crippen LogP contribution >= 0.6 is 0 Å². The van der Waals surface area contributed by atoms with E-state index < -0.39 is 11.8 Å². The lowest BCUT2D eigenvalue weighted by Crippen LogP contribution is -2.50. The first-order valence-corrected chi connectivity index (χ1v) is 5.85. The van der Waals surface area contributed by atoms with Gasteiger partial charge in [0.05, 0.1) is 0 Å². The third kappa shape index (κ3) is 1.15. The van der Waals surface area contributed by atoms with Crippen molar-refractivity contribution in [1.82, 2.24) is 0 Å². The molecule has 0 aromatic carbocycles. The SMILES string of the molecule is C=CC(=O)OC1(O)CC2CCC1(C)C2(C)C. The minimum atomic E-state index is -1.31. The van der Waals surface area contributed by atoms with Gasteiger partial charge in [0.2, 0.25) is 5.79 Å². The third-order valence-electron chi connectivity index (χ3n) is 5.26. The minimum absolute atomic E-state index is 0.0171. The van der Waals surface area contributed by atoms with Crippen molar-refractivity contribution < 1.29 is 14.6 Å². The van der Waals surface area contributed by atoms with Crippen LogP contribution in [0.1, 0.15) is 40.0 Å². The number of carbonyl (C=O) groups excluding carboxylic acids is 1. The zero-order valence-corrected chi connectivity index (χ0v) is 10.2. The molecular weight excluding hydrogens is 204 g/mol.